The summed E-state index contributed by atoms with van der Waals surface area (Å²) >= 11 is 0. The molecule has 1 aromatic carbocycles. The highest BCUT2D eigenvalue weighted by atomic mass is 16.6. The van der Waals surface area contributed by atoms with Crippen molar-refractivity contribution in [1.82, 2.24) is 4.90 Å². The minimum Gasteiger partial charge on any atom is -0.489 e. The molecule has 0 spiro atoms. The van der Waals surface area contributed by atoms with Crippen molar-refractivity contribution in [1.29, 1.82) is 5.26 Å². The maximum atomic E-state index is 12.2. The molecule has 1 atom stereocenters. The molecular weight excluding hydrogens is 334 g/mol. The molecule has 0 saturated carbocycles. The summed E-state index contributed by atoms with van der Waals surface area (Å²) in [6.07, 6.45) is 1.11. The minimum absolute atomic E-state index is 0.102. The number of nitrogens with one attached hydrogen (secondary N) is 1. The second-order valence-corrected chi connectivity index (χ2v) is 7.22. The Balaban J connectivity index is 1.89. The predicted molar refractivity (Wildman–Crippen MR) is 96.8 cm³/mol. The highest BCUT2D eigenvalue weighted by molar-refractivity contribution is 5.92. The standard InChI is InChI=1S/C19H25N3O4/c1-19(2,3)26-18(24)22-12-4-5-16(13-22)25-15-8-6-14(7-9-15)21-17(23)10-11-20/h6-9,16H,4-5,10,12-13H2,1-3H3,(H,21,23). The number of nitriles is 1. The molecule has 0 radical (unpaired) electrons. The molecule has 140 valence electrons. The Bertz CT molecular complexity index is 674. The lowest BCUT2D eigenvalue weighted by Gasteiger charge is -2.34. The first-order chi connectivity index (χ1) is 12.3. The van der Waals surface area contributed by atoms with E-state index in [0.717, 1.165) is 12.8 Å². The van der Waals surface area contributed by atoms with E-state index < -0.39 is 5.60 Å². The molecule has 7 nitrogen and oxygen atoms in total. The fraction of sp³-hybridized carbons (Fsp3) is 0.526. The van der Waals surface area contributed by atoms with Crippen LogP contribution < -0.4 is 10.1 Å². The quantitative estimate of drug-likeness (QED) is 0.890. The maximum absolute atomic E-state index is 12.2. The van der Waals surface area contributed by atoms with Gasteiger partial charge in [-0.05, 0) is 57.9 Å². The van der Waals surface area contributed by atoms with Gasteiger partial charge in [-0.15, -0.1) is 0 Å². The SMILES string of the molecule is CC(C)(C)OC(=O)N1CCCC(Oc2ccc(NC(=O)CC#N)cc2)C1. The molecule has 1 saturated heterocycles. The van der Waals surface area contributed by atoms with Crippen LogP contribution in [-0.4, -0.2) is 41.7 Å². The van der Waals surface area contributed by atoms with E-state index in [4.69, 9.17) is 14.7 Å². The van der Waals surface area contributed by atoms with E-state index in [9.17, 15) is 9.59 Å². The van der Waals surface area contributed by atoms with Gasteiger partial charge in [-0.1, -0.05) is 0 Å². The zero-order valence-corrected chi connectivity index (χ0v) is 15.4. The number of rotatable bonds is 4. The van der Waals surface area contributed by atoms with Gasteiger partial charge in [0.15, 0.2) is 0 Å². The largest absolute Gasteiger partial charge is 0.489 e. The van der Waals surface area contributed by atoms with Gasteiger partial charge in [0, 0.05) is 12.2 Å². The topological polar surface area (TPSA) is 91.7 Å². The van der Waals surface area contributed by atoms with Gasteiger partial charge >= 0.3 is 6.09 Å². The smallest absolute Gasteiger partial charge is 0.410 e. The Hall–Kier alpha value is -2.75. The molecule has 1 N–H and O–H groups in total. The Morgan fingerprint density at radius 3 is 2.62 bits per heavy atom. The summed E-state index contributed by atoms with van der Waals surface area (Å²) in [5.74, 6) is 0.320. The zero-order chi connectivity index (χ0) is 19.2. The number of carbonyl (C=O) groups is 2. The monoisotopic (exact) mass is 359 g/mol. The normalized spacial score (nSPS) is 17.2. The maximum Gasteiger partial charge on any atom is 0.410 e. The Labute approximate surface area is 153 Å². The first kappa shape index (κ1) is 19.6. The summed E-state index contributed by atoms with van der Waals surface area (Å²) in [4.78, 5) is 25.3. The van der Waals surface area contributed by atoms with Gasteiger partial charge in [0.1, 0.15) is 23.9 Å². The first-order valence-electron chi connectivity index (χ1n) is 8.68. The summed E-state index contributed by atoms with van der Waals surface area (Å²) in [6, 6.07) is 8.76. The number of likely N-dealkylation sites (tertiary alicyclic amines) is 1. The summed E-state index contributed by atoms with van der Waals surface area (Å²) in [7, 11) is 0. The Morgan fingerprint density at radius 2 is 2.00 bits per heavy atom. The lowest BCUT2D eigenvalue weighted by molar-refractivity contribution is -0.115. The van der Waals surface area contributed by atoms with E-state index in [1.165, 1.54) is 0 Å². The van der Waals surface area contributed by atoms with E-state index in [2.05, 4.69) is 5.32 Å². The van der Waals surface area contributed by atoms with Gasteiger partial charge in [0.05, 0.1) is 12.6 Å². The molecule has 2 amide bonds. The lowest BCUT2D eigenvalue weighted by Crippen LogP contribution is -2.46. The van der Waals surface area contributed by atoms with Crippen LogP contribution in [0.4, 0.5) is 10.5 Å². The van der Waals surface area contributed by atoms with Crippen molar-refractivity contribution >= 4 is 17.7 Å². The van der Waals surface area contributed by atoms with E-state index in [1.807, 2.05) is 20.8 Å². The molecule has 1 aliphatic rings. The number of anilines is 1. The van der Waals surface area contributed by atoms with Gasteiger partial charge in [0.25, 0.3) is 0 Å². The Kier molecular flexibility index (Phi) is 6.45. The van der Waals surface area contributed by atoms with Crippen molar-refractivity contribution in [3.05, 3.63) is 24.3 Å². The molecule has 1 unspecified atom stereocenters. The third-order valence-corrected chi connectivity index (χ3v) is 3.71. The molecule has 1 heterocycles. The van der Waals surface area contributed by atoms with E-state index in [1.54, 1.807) is 35.2 Å². The van der Waals surface area contributed by atoms with Crippen molar-refractivity contribution in [2.45, 2.75) is 51.7 Å². The summed E-state index contributed by atoms with van der Waals surface area (Å²) in [5.41, 5.74) is 0.0908. The van der Waals surface area contributed by atoms with Crippen LogP contribution in [0.5, 0.6) is 5.75 Å². The van der Waals surface area contributed by atoms with Crippen LogP contribution in [0.3, 0.4) is 0 Å². The van der Waals surface area contributed by atoms with Gasteiger partial charge in [-0.25, -0.2) is 4.79 Å². The first-order valence-corrected chi connectivity index (χ1v) is 8.68. The van der Waals surface area contributed by atoms with Crippen LogP contribution in [0.15, 0.2) is 24.3 Å². The molecule has 1 fully saturated rings. The van der Waals surface area contributed by atoms with Crippen LogP contribution in [0.25, 0.3) is 0 Å². The highest BCUT2D eigenvalue weighted by Gasteiger charge is 2.28. The molecule has 1 aromatic rings. The second-order valence-electron chi connectivity index (χ2n) is 7.22. The summed E-state index contributed by atoms with van der Waals surface area (Å²) in [6.45, 7) is 6.69. The van der Waals surface area contributed by atoms with E-state index in [-0.39, 0.29) is 24.5 Å². The summed E-state index contributed by atoms with van der Waals surface area (Å²) < 4.78 is 11.4. The molecular formula is C19H25N3O4. The minimum atomic E-state index is -0.517. The second kappa shape index (κ2) is 8.56. The van der Waals surface area contributed by atoms with Crippen LogP contribution in [0.1, 0.15) is 40.0 Å². The average molecular weight is 359 g/mol. The van der Waals surface area contributed by atoms with Crippen molar-refractivity contribution in [3.63, 3.8) is 0 Å². The number of amides is 2. The van der Waals surface area contributed by atoms with Crippen LogP contribution >= 0.6 is 0 Å². The molecule has 7 heteroatoms. The number of hydrogen-bond donors (Lipinski definition) is 1. The number of nitrogens with zero attached hydrogens (tertiary/aromatic N) is 2. The molecule has 0 aliphatic carbocycles. The fourth-order valence-corrected chi connectivity index (χ4v) is 2.61. The lowest BCUT2D eigenvalue weighted by atomic mass is 10.1. The van der Waals surface area contributed by atoms with Crippen molar-refractivity contribution in [2.24, 2.45) is 0 Å². The molecule has 0 bridgehead atoms. The number of carbonyl (C=O) groups excluding carboxylic acids is 2. The van der Waals surface area contributed by atoms with Crippen LogP contribution in [0.2, 0.25) is 0 Å². The third kappa shape index (κ3) is 6.28. The summed E-state index contributed by atoms with van der Waals surface area (Å²) in [5, 5.41) is 11.1. The van der Waals surface area contributed by atoms with Gasteiger partial charge in [-0.3, -0.25) is 4.79 Å². The molecule has 1 aliphatic heterocycles. The van der Waals surface area contributed by atoms with Crippen molar-refractivity contribution in [3.8, 4) is 11.8 Å². The molecule has 26 heavy (non-hydrogen) atoms. The van der Waals surface area contributed by atoms with Crippen molar-refractivity contribution < 1.29 is 19.1 Å². The van der Waals surface area contributed by atoms with E-state index in [0.29, 0.717) is 24.5 Å². The number of benzene rings is 1. The average Bonchev–Trinajstić information content (AvgIpc) is 2.56. The third-order valence-electron chi connectivity index (χ3n) is 3.71. The molecule has 0 aromatic heterocycles. The number of piperidine rings is 1. The van der Waals surface area contributed by atoms with Crippen molar-refractivity contribution in [2.75, 3.05) is 18.4 Å². The predicted octanol–water partition coefficient (Wildman–Crippen LogP) is 3.32. The van der Waals surface area contributed by atoms with Gasteiger partial charge < -0.3 is 19.7 Å². The van der Waals surface area contributed by atoms with Crippen LogP contribution in [0, 0.1) is 11.3 Å². The Morgan fingerprint density at radius 1 is 1.31 bits per heavy atom. The van der Waals surface area contributed by atoms with Crippen LogP contribution in [-0.2, 0) is 9.53 Å². The number of ether oxygens (including phenoxy) is 2. The highest BCUT2D eigenvalue weighted by Crippen LogP contribution is 2.22. The van der Waals surface area contributed by atoms with Gasteiger partial charge in [0.2, 0.25) is 5.91 Å². The molecule has 2 rings (SSSR count). The van der Waals surface area contributed by atoms with E-state index >= 15 is 0 Å². The zero-order valence-electron chi connectivity index (χ0n) is 15.4. The number of hydrogen-bond acceptors (Lipinski definition) is 5. The van der Waals surface area contributed by atoms with Gasteiger partial charge in [-0.2, -0.15) is 5.26 Å². The fourth-order valence-electron chi connectivity index (χ4n) is 2.61.